The molecular weight excluding hydrogens is 297 g/mol. The Labute approximate surface area is 77.5 Å². The van der Waals surface area contributed by atoms with Crippen molar-refractivity contribution >= 4 is 5.97 Å². The first-order valence-corrected chi connectivity index (χ1v) is 3.49. The van der Waals surface area contributed by atoms with Crippen LogP contribution < -0.4 is 0 Å². The van der Waals surface area contributed by atoms with Gasteiger partial charge in [0.05, 0.1) is 0 Å². The van der Waals surface area contributed by atoms with Gasteiger partial charge in [0.2, 0.25) is 0 Å². The second-order valence-corrected chi connectivity index (χ2v) is 2.20. The van der Waals surface area contributed by atoms with Gasteiger partial charge in [-0.2, -0.15) is 0 Å². The minimum atomic E-state index is -0.675. The fourth-order valence-corrected chi connectivity index (χ4v) is 0.703. The van der Waals surface area contributed by atoms with Crippen molar-refractivity contribution in [3.05, 3.63) is 0 Å². The largest absolute Gasteiger partial charge is 0.481 e. The molecule has 0 aliphatic rings. The van der Waals surface area contributed by atoms with Crippen molar-refractivity contribution in [2.45, 2.75) is 39.0 Å². The van der Waals surface area contributed by atoms with Crippen LogP contribution in [0.5, 0.6) is 0 Å². The van der Waals surface area contributed by atoms with Crippen LogP contribution in [0.1, 0.15) is 39.0 Å². The van der Waals surface area contributed by atoms with Gasteiger partial charge in [-0.05, 0) is 6.42 Å². The predicted octanol–water partition coefficient (Wildman–Crippen LogP) is 2.04. The summed E-state index contributed by atoms with van der Waals surface area (Å²) in [4.78, 5) is 9.96. The average molecular weight is 311 g/mol. The van der Waals surface area contributed by atoms with Crippen LogP contribution in [0.15, 0.2) is 0 Å². The second kappa shape index (κ2) is 9.21. The number of unbranched alkanes of at least 4 members (excludes halogenated alkanes) is 3. The Morgan fingerprint density at radius 3 is 2.30 bits per heavy atom. The van der Waals surface area contributed by atoms with Crippen LogP contribution in [0, 0.1) is 0 Å². The third-order valence-electron chi connectivity index (χ3n) is 1.24. The first-order chi connectivity index (χ1) is 4.27. The van der Waals surface area contributed by atoms with E-state index in [1.165, 1.54) is 6.42 Å². The molecule has 0 saturated heterocycles. The molecule has 0 atom stereocenters. The summed E-state index contributed by atoms with van der Waals surface area (Å²) in [7, 11) is 0. The Bertz CT molecular complexity index is 83.7. The Morgan fingerprint density at radius 2 is 1.90 bits per heavy atom. The quantitative estimate of drug-likeness (QED) is 0.789. The number of carboxylic acids is 1. The van der Waals surface area contributed by atoms with Gasteiger partial charge in [-0.25, -0.2) is 0 Å². The maximum atomic E-state index is 9.96. The van der Waals surface area contributed by atoms with Gasteiger partial charge in [0, 0.05) is 28.8 Å². The van der Waals surface area contributed by atoms with Gasteiger partial charge in [0.15, 0.2) is 0 Å². The molecular formula is C7H14O2Ta. The number of rotatable bonds is 5. The van der Waals surface area contributed by atoms with E-state index in [0.717, 1.165) is 19.3 Å². The molecule has 0 rings (SSSR count). The van der Waals surface area contributed by atoms with Crippen LogP contribution in [0.2, 0.25) is 0 Å². The molecule has 0 aromatic rings. The van der Waals surface area contributed by atoms with Crippen LogP contribution in [0.4, 0.5) is 0 Å². The molecule has 10 heavy (non-hydrogen) atoms. The van der Waals surface area contributed by atoms with Gasteiger partial charge >= 0.3 is 5.97 Å². The van der Waals surface area contributed by atoms with E-state index in [1.807, 2.05) is 0 Å². The summed E-state index contributed by atoms with van der Waals surface area (Å²) in [5, 5.41) is 8.21. The van der Waals surface area contributed by atoms with Crippen LogP contribution >= 0.6 is 0 Å². The van der Waals surface area contributed by atoms with Gasteiger partial charge < -0.3 is 5.11 Å². The van der Waals surface area contributed by atoms with Gasteiger partial charge in [0.1, 0.15) is 0 Å². The summed E-state index contributed by atoms with van der Waals surface area (Å²) >= 11 is 0. The first kappa shape index (κ1) is 12.8. The number of hydrogen-bond acceptors (Lipinski definition) is 1. The molecule has 0 heterocycles. The standard InChI is InChI=1S/C7H14O2.Ta/c1-2-3-4-5-6-7(8)9;/h2-6H2,1H3,(H,8,9);. The van der Waals surface area contributed by atoms with Crippen molar-refractivity contribution in [2.75, 3.05) is 0 Å². The van der Waals surface area contributed by atoms with E-state index in [2.05, 4.69) is 6.92 Å². The van der Waals surface area contributed by atoms with Gasteiger partial charge in [-0.3, -0.25) is 4.79 Å². The van der Waals surface area contributed by atoms with Gasteiger partial charge in [0.25, 0.3) is 0 Å². The normalized spacial score (nSPS) is 8.50. The van der Waals surface area contributed by atoms with Crippen LogP contribution in [0.25, 0.3) is 0 Å². The van der Waals surface area contributed by atoms with E-state index in [4.69, 9.17) is 5.11 Å². The van der Waals surface area contributed by atoms with Crippen LogP contribution in [-0.4, -0.2) is 11.1 Å². The van der Waals surface area contributed by atoms with Crippen molar-refractivity contribution in [3.8, 4) is 0 Å². The van der Waals surface area contributed by atoms with Crippen molar-refractivity contribution in [3.63, 3.8) is 0 Å². The molecule has 0 aliphatic heterocycles. The third kappa shape index (κ3) is 11.1. The Kier molecular flexibility index (Phi) is 11.8. The molecule has 0 saturated carbocycles. The fourth-order valence-electron chi connectivity index (χ4n) is 0.703. The minimum absolute atomic E-state index is 0. The molecule has 2 nitrogen and oxygen atoms in total. The molecule has 1 N–H and O–H groups in total. The maximum Gasteiger partial charge on any atom is 0.303 e. The van der Waals surface area contributed by atoms with E-state index >= 15 is 0 Å². The zero-order valence-corrected chi connectivity index (χ0v) is 9.55. The molecule has 0 amide bonds. The van der Waals surface area contributed by atoms with Gasteiger partial charge in [-0.15, -0.1) is 0 Å². The molecule has 3 heteroatoms. The van der Waals surface area contributed by atoms with E-state index in [1.54, 1.807) is 0 Å². The van der Waals surface area contributed by atoms with E-state index in [0.29, 0.717) is 6.42 Å². The molecule has 0 unspecified atom stereocenters. The zero-order chi connectivity index (χ0) is 7.11. The summed E-state index contributed by atoms with van der Waals surface area (Å²) in [5.74, 6) is -0.675. The fraction of sp³-hybridized carbons (Fsp3) is 0.857. The van der Waals surface area contributed by atoms with Gasteiger partial charge in [-0.1, -0.05) is 26.2 Å². The van der Waals surface area contributed by atoms with Crippen molar-refractivity contribution in [2.24, 2.45) is 0 Å². The smallest absolute Gasteiger partial charge is 0.303 e. The zero-order valence-electron chi connectivity index (χ0n) is 6.34. The monoisotopic (exact) mass is 311 g/mol. The van der Waals surface area contributed by atoms with E-state index < -0.39 is 5.97 Å². The molecule has 1 radical (unpaired) electrons. The van der Waals surface area contributed by atoms with Crippen molar-refractivity contribution < 1.29 is 32.3 Å². The Hall–Kier alpha value is 0.210. The average Bonchev–Trinajstić information content (AvgIpc) is 1.80. The summed E-state index contributed by atoms with van der Waals surface area (Å²) in [6.07, 6.45) is 4.55. The van der Waals surface area contributed by atoms with Crippen LogP contribution in [0.3, 0.4) is 0 Å². The molecule has 0 aromatic heterocycles. The molecule has 59 valence electrons. The molecule has 0 aromatic carbocycles. The van der Waals surface area contributed by atoms with Crippen molar-refractivity contribution in [1.82, 2.24) is 0 Å². The summed E-state index contributed by atoms with van der Waals surface area (Å²) in [5.41, 5.74) is 0. The van der Waals surface area contributed by atoms with E-state index in [-0.39, 0.29) is 22.4 Å². The number of carbonyl (C=O) groups is 1. The molecule has 0 spiro atoms. The van der Waals surface area contributed by atoms with Crippen LogP contribution in [-0.2, 0) is 27.2 Å². The number of aliphatic carboxylic acids is 1. The molecule has 0 bridgehead atoms. The third-order valence-corrected chi connectivity index (χ3v) is 1.24. The maximum absolute atomic E-state index is 9.96. The molecule has 0 fully saturated rings. The topological polar surface area (TPSA) is 37.3 Å². The minimum Gasteiger partial charge on any atom is -0.481 e. The first-order valence-electron chi connectivity index (χ1n) is 3.49. The summed E-state index contributed by atoms with van der Waals surface area (Å²) in [6.45, 7) is 2.11. The molecule has 0 aliphatic carbocycles. The Morgan fingerprint density at radius 1 is 1.30 bits per heavy atom. The summed E-state index contributed by atoms with van der Waals surface area (Å²) in [6, 6.07) is 0. The summed E-state index contributed by atoms with van der Waals surface area (Å²) < 4.78 is 0. The number of hydrogen-bond donors (Lipinski definition) is 1. The predicted molar refractivity (Wildman–Crippen MR) is 36.4 cm³/mol. The second-order valence-electron chi connectivity index (χ2n) is 2.20. The number of carboxylic acid groups (broad SMARTS) is 1. The Balaban J connectivity index is 0. The SMILES string of the molecule is CCCCCCC(=O)O.[Ta]. The van der Waals surface area contributed by atoms with E-state index in [9.17, 15) is 4.79 Å². The van der Waals surface area contributed by atoms with Crippen molar-refractivity contribution in [1.29, 1.82) is 0 Å².